The molecule has 0 aliphatic carbocycles. The lowest BCUT2D eigenvalue weighted by atomic mass is 9.95. The minimum Gasteiger partial charge on any atom is -0.496 e. The molecular formula is C20H22FN3O. The maximum absolute atomic E-state index is 13.6. The topological polar surface area (TPSA) is 39.9 Å². The van der Waals surface area contributed by atoms with Crippen LogP contribution in [0.2, 0.25) is 0 Å². The molecule has 0 unspecified atom stereocenters. The molecule has 130 valence electrons. The number of methoxy groups -OCH3 is 1. The van der Waals surface area contributed by atoms with Gasteiger partial charge in [0.25, 0.3) is 0 Å². The highest BCUT2D eigenvalue weighted by atomic mass is 19.1. The zero-order valence-corrected chi connectivity index (χ0v) is 14.8. The molecule has 0 bridgehead atoms. The quantitative estimate of drug-likeness (QED) is 0.673. The molecule has 3 aromatic rings. The molecule has 0 aliphatic heterocycles. The van der Waals surface area contributed by atoms with E-state index < -0.39 is 0 Å². The zero-order valence-electron chi connectivity index (χ0n) is 14.8. The number of rotatable bonds is 6. The predicted octanol–water partition coefficient (Wildman–Crippen LogP) is 4.27. The van der Waals surface area contributed by atoms with Crippen molar-refractivity contribution in [2.45, 2.75) is 33.2 Å². The monoisotopic (exact) mass is 339 g/mol. The Morgan fingerprint density at radius 3 is 2.72 bits per heavy atom. The Bertz CT molecular complexity index is 873. The van der Waals surface area contributed by atoms with Crippen molar-refractivity contribution >= 4 is 0 Å². The second kappa shape index (κ2) is 7.47. The van der Waals surface area contributed by atoms with Crippen molar-refractivity contribution in [1.29, 1.82) is 0 Å². The highest BCUT2D eigenvalue weighted by molar-refractivity contribution is 5.70. The van der Waals surface area contributed by atoms with Crippen LogP contribution in [-0.4, -0.2) is 21.9 Å². The van der Waals surface area contributed by atoms with Gasteiger partial charge in [0, 0.05) is 36.5 Å². The van der Waals surface area contributed by atoms with Crippen LogP contribution in [0.3, 0.4) is 0 Å². The third-order valence-electron chi connectivity index (χ3n) is 4.33. The molecule has 0 saturated heterocycles. The second-order valence-electron chi connectivity index (χ2n) is 5.88. The molecule has 0 radical (unpaired) electrons. The fourth-order valence-electron chi connectivity index (χ4n) is 3.03. The van der Waals surface area contributed by atoms with Gasteiger partial charge in [-0.05, 0) is 48.7 Å². The van der Waals surface area contributed by atoms with Crippen LogP contribution in [0.15, 0.2) is 42.9 Å². The van der Waals surface area contributed by atoms with Crippen molar-refractivity contribution in [3.8, 4) is 17.0 Å². The molecule has 0 saturated carbocycles. The van der Waals surface area contributed by atoms with Crippen molar-refractivity contribution < 1.29 is 9.13 Å². The molecule has 5 heteroatoms. The standard InChI is InChI=1S/C20H22FN3O/c1-4-15-11-16(21)6-7-17(15)20-18(19(25-3)8-9-22-20)10-14-12-23-24(5-2)13-14/h6-9,11-13H,4-5,10H2,1-3H3. The van der Waals surface area contributed by atoms with Crippen LogP contribution in [0, 0.1) is 5.82 Å². The highest BCUT2D eigenvalue weighted by Crippen LogP contribution is 2.33. The average Bonchev–Trinajstić information content (AvgIpc) is 3.09. The summed E-state index contributed by atoms with van der Waals surface area (Å²) >= 11 is 0. The first-order valence-corrected chi connectivity index (χ1v) is 8.48. The lowest BCUT2D eigenvalue weighted by molar-refractivity contribution is 0.410. The SMILES string of the molecule is CCc1cc(F)ccc1-c1nccc(OC)c1Cc1cnn(CC)c1. The summed E-state index contributed by atoms with van der Waals surface area (Å²) in [6.45, 7) is 4.90. The van der Waals surface area contributed by atoms with Gasteiger partial charge < -0.3 is 4.74 Å². The molecule has 0 amide bonds. The van der Waals surface area contributed by atoms with Crippen molar-refractivity contribution in [1.82, 2.24) is 14.8 Å². The fraction of sp³-hybridized carbons (Fsp3) is 0.300. The van der Waals surface area contributed by atoms with E-state index in [1.807, 2.05) is 30.1 Å². The fourth-order valence-corrected chi connectivity index (χ4v) is 3.03. The minimum absolute atomic E-state index is 0.228. The molecule has 0 N–H and O–H groups in total. The summed E-state index contributed by atoms with van der Waals surface area (Å²) < 4.78 is 21.1. The van der Waals surface area contributed by atoms with Gasteiger partial charge in [-0.1, -0.05) is 6.92 Å². The van der Waals surface area contributed by atoms with Crippen molar-refractivity contribution in [2.75, 3.05) is 7.11 Å². The van der Waals surface area contributed by atoms with Crippen LogP contribution in [-0.2, 0) is 19.4 Å². The Morgan fingerprint density at radius 1 is 1.20 bits per heavy atom. The average molecular weight is 339 g/mol. The molecule has 0 atom stereocenters. The van der Waals surface area contributed by atoms with Gasteiger partial charge in [-0.3, -0.25) is 9.67 Å². The summed E-state index contributed by atoms with van der Waals surface area (Å²) in [5.74, 6) is 0.551. The van der Waals surface area contributed by atoms with Gasteiger partial charge >= 0.3 is 0 Å². The van der Waals surface area contributed by atoms with Crippen LogP contribution in [0.1, 0.15) is 30.5 Å². The van der Waals surface area contributed by atoms with Crippen LogP contribution >= 0.6 is 0 Å². The van der Waals surface area contributed by atoms with Gasteiger partial charge in [-0.15, -0.1) is 0 Å². The lowest BCUT2D eigenvalue weighted by Gasteiger charge is -2.15. The van der Waals surface area contributed by atoms with Crippen LogP contribution in [0.5, 0.6) is 5.75 Å². The first-order chi connectivity index (χ1) is 12.2. The smallest absolute Gasteiger partial charge is 0.126 e. The van der Waals surface area contributed by atoms with E-state index in [0.29, 0.717) is 6.42 Å². The Hall–Kier alpha value is -2.69. The first kappa shape index (κ1) is 17.1. The van der Waals surface area contributed by atoms with E-state index in [0.717, 1.165) is 46.7 Å². The molecule has 2 heterocycles. The van der Waals surface area contributed by atoms with Crippen molar-refractivity contribution in [3.05, 3.63) is 65.4 Å². The summed E-state index contributed by atoms with van der Waals surface area (Å²) in [5, 5.41) is 4.34. The third kappa shape index (κ3) is 3.55. The predicted molar refractivity (Wildman–Crippen MR) is 96.3 cm³/mol. The number of hydrogen-bond acceptors (Lipinski definition) is 3. The number of aromatic nitrogens is 3. The summed E-state index contributed by atoms with van der Waals surface area (Å²) in [6, 6.07) is 6.72. The summed E-state index contributed by atoms with van der Waals surface area (Å²) in [7, 11) is 1.66. The number of nitrogens with zero attached hydrogens (tertiary/aromatic N) is 3. The minimum atomic E-state index is -0.228. The lowest BCUT2D eigenvalue weighted by Crippen LogP contribution is -2.01. The van der Waals surface area contributed by atoms with E-state index in [1.54, 1.807) is 25.4 Å². The van der Waals surface area contributed by atoms with Gasteiger partial charge in [0.05, 0.1) is 19.0 Å². The van der Waals surface area contributed by atoms with Crippen molar-refractivity contribution in [2.24, 2.45) is 0 Å². The summed E-state index contributed by atoms with van der Waals surface area (Å²) in [5.41, 5.74) is 4.80. The molecule has 1 aromatic carbocycles. The number of pyridine rings is 1. The van der Waals surface area contributed by atoms with E-state index in [9.17, 15) is 4.39 Å². The van der Waals surface area contributed by atoms with Crippen LogP contribution < -0.4 is 4.74 Å². The molecule has 0 fully saturated rings. The van der Waals surface area contributed by atoms with E-state index >= 15 is 0 Å². The maximum atomic E-state index is 13.6. The van der Waals surface area contributed by atoms with Gasteiger partial charge in [0.15, 0.2) is 0 Å². The van der Waals surface area contributed by atoms with E-state index in [1.165, 1.54) is 6.07 Å². The van der Waals surface area contributed by atoms with Gasteiger partial charge in [-0.25, -0.2) is 4.39 Å². The summed E-state index contributed by atoms with van der Waals surface area (Å²) in [4.78, 5) is 4.59. The highest BCUT2D eigenvalue weighted by Gasteiger charge is 2.16. The molecular weight excluding hydrogens is 317 g/mol. The van der Waals surface area contributed by atoms with E-state index in [4.69, 9.17) is 4.74 Å². The van der Waals surface area contributed by atoms with Gasteiger partial charge in [0.1, 0.15) is 11.6 Å². The molecule has 25 heavy (non-hydrogen) atoms. The Morgan fingerprint density at radius 2 is 2.04 bits per heavy atom. The molecule has 3 rings (SSSR count). The molecule has 2 aromatic heterocycles. The first-order valence-electron chi connectivity index (χ1n) is 8.48. The largest absolute Gasteiger partial charge is 0.496 e. The number of halogens is 1. The number of hydrogen-bond donors (Lipinski definition) is 0. The molecule has 0 spiro atoms. The van der Waals surface area contributed by atoms with E-state index in [-0.39, 0.29) is 5.82 Å². The summed E-state index contributed by atoms with van der Waals surface area (Å²) in [6.07, 6.45) is 7.02. The van der Waals surface area contributed by atoms with Crippen molar-refractivity contribution in [3.63, 3.8) is 0 Å². The number of ether oxygens (including phenoxy) is 1. The normalized spacial score (nSPS) is 10.9. The van der Waals surface area contributed by atoms with Crippen LogP contribution in [0.25, 0.3) is 11.3 Å². The number of benzene rings is 1. The van der Waals surface area contributed by atoms with Crippen LogP contribution in [0.4, 0.5) is 4.39 Å². The van der Waals surface area contributed by atoms with E-state index in [2.05, 4.69) is 17.0 Å². The zero-order chi connectivity index (χ0) is 17.8. The third-order valence-corrected chi connectivity index (χ3v) is 4.33. The van der Waals surface area contributed by atoms with Gasteiger partial charge in [-0.2, -0.15) is 5.10 Å². The van der Waals surface area contributed by atoms with Gasteiger partial charge in [0.2, 0.25) is 0 Å². The molecule has 0 aliphatic rings. The molecule has 4 nitrogen and oxygen atoms in total. The Balaban J connectivity index is 2.11. The second-order valence-corrected chi connectivity index (χ2v) is 5.88. The Labute approximate surface area is 147 Å². The number of aryl methyl sites for hydroxylation is 2. The Kier molecular flexibility index (Phi) is 5.12. The maximum Gasteiger partial charge on any atom is 0.126 e.